The van der Waals surface area contributed by atoms with Crippen molar-refractivity contribution in [1.29, 1.82) is 0 Å². The van der Waals surface area contributed by atoms with Gasteiger partial charge in [0.25, 0.3) is 5.91 Å². The summed E-state index contributed by atoms with van der Waals surface area (Å²) in [4.78, 5) is 20.1. The standard InChI is InChI=1S/C19H21N3O2S/c1-22(2)10-4-9-21-19(24)17-7-6-16(25-17)14-11-13-5-3-8-20-18(13)15(23)12-14/h3,5-8,11-12,23H,4,9-10H2,1-2H3,(H,21,24). The van der Waals surface area contributed by atoms with Crippen molar-refractivity contribution in [3.05, 3.63) is 47.5 Å². The van der Waals surface area contributed by atoms with E-state index in [0.29, 0.717) is 16.9 Å². The first-order valence-electron chi connectivity index (χ1n) is 8.15. The lowest BCUT2D eigenvalue weighted by Crippen LogP contribution is -2.26. The average molecular weight is 355 g/mol. The van der Waals surface area contributed by atoms with Crippen LogP contribution in [0.5, 0.6) is 5.75 Å². The Labute approximate surface area is 150 Å². The van der Waals surface area contributed by atoms with E-state index >= 15 is 0 Å². The van der Waals surface area contributed by atoms with Gasteiger partial charge in [0, 0.05) is 23.0 Å². The predicted octanol–water partition coefficient (Wildman–Crippen LogP) is 3.35. The van der Waals surface area contributed by atoms with Gasteiger partial charge < -0.3 is 15.3 Å². The van der Waals surface area contributed by atoms with Gasteiger partial charge in [0.2, 0.25) is 0 Å². The van der Waals surface area contributed by atoms with Crippen LogP contribution in [0.1, 0.15) is 16.1 Å². The normalized spacial score (nSPS) is 11.2. The number of carbonyl (C=O) groups excluding carboxylic acids is 1. The van der Waals surface area contributed by atoms with E-state index in [-0.39, 0.29) is 11.7 Å². The minimum atomic E-state index is -0.0540. The molecular formula is C19H21N3O2S. The van der Waals surface area contributed by atoms with E-state index in [0.717, 1.165) is 28.8 Å². The topological polar surface area (TPSA) is 65.5 Å². The van der Waals surface area contributed by atoms with Crippen LogP contribution in [0.2, 0.25) is 0 Å². The Morgan fingerprint density at radius 2 is 2.12 bits per heavy atom. The molecule has 6 heteroatoms. The molecule has 0 unspecified atom stereocenters. The molecule has 3 rings (SSSR count). The Hall–Kier alpha value is -2.44. The summed E-state index contributed by atoms with van der Waals surface area (Å²) in [6, 6.07) is 11.2. The number of hydrogen-bond donors (Lipinski definition) is 2. The van der Waals surface area contributed by atoms with Crippen LogP contribution in [0.15, 0.2) is 42.6 Å². The molecule has 5 nitrogen and oxygen atoms in total. The van der Waals surface area contributed by atoms with E-state index in [1.165, 1.54) is 11.3 Å². The van der Waals surface area contributed by atoms with Crippen molar-refractivity contribution < 1.29 is 9.90 Å². The van der Waals surface area contributed by atoms with Gasteiger partial charge in [0.1, 0.15) is 11.3 Å². The van der Waals surface area contributed by atoms with Gasteiger partial charge in [-0.3, -0.25) is 9.78 Å². The number of carbonyl (C=O) groups is 1. The van der Waals surface area contributed by atoms with Crippen LogP contribution in [0, 0.1) is 0 Å². The van der Waals surface area contributed by atoms with Crippen molar-refractivity contribution in [2.45, 2.75) is 6.42 Å². The Morgan fingerprint density at radius 1 is 1.28 bits per heavy atom. The number of aromatic nitrogens is 1. The summed E-state index contributed by atoms with van der Waals surface area (Å²) in [6.45, 7) is 1.60. The number of benzene rings is 1. The Bertz CT molecular complexity index is 889. The second-order valence-electron chi connectivity index (χ2n) is 6.15. The van der Waals surface area contributed by atoms with Crippen LogP contribution in [0.25, 0.3) is 21.3 Å². The van der Waals surface area contributed by atoms with E-state index in [4.69, 9.17) is 0 Å². The number of nitrogens with one attached hydrogen (secondary N) is 1. The first-order valence-corrected chi connectivity index (χ1v) is 8.97. The second-order valence-corrected chi connectivity index (χ2v) is 7.23. The number of fused-ring (bicyclic) bond motifs is 1. The van der Waals surface area contributed by atoms with Crippen molar-refractivity contribution in [2.24, 2.45) is 0 Å². The quantitative estimate of drug-likeness (QED) is 0.666. The molecule has 0 fully saturated rings. The molecule has 25 heavy (non-hydrogen) atoms. The molecule has 1 amide bonds. The van der Waals surface area contributed by atoms with E-state index in [1.807, 2.05) is 44.4 Å². The van der Waals surface area contributed by atoms with Gasteiger partial charge in [-0.05, 0) is 63.0 Å². The predicted molar refractivity (Wildman–Crippen MR) is 102 cm³/mol. The number of phenolic OH excluding ortho intramolecular Hbond substituents is 1. The van der Waals surface area contributed by atoms with Gasteiger partial charge in [-0.2, -0.15) is 0 Å². The van der Waals surface area contributed by atoms with Crippen LogP contribution in [0.4, 0.5) is 0 Å². The number of hydrogen-bond acceptors (Lipinski definition) is 5. The summed E-state index contributed by atoms with van der Waals surface area (Å²) >= 11 is 1.42. The van der Waals surface area contributed by atoms with Gasteiger partial charge in [0.05, 0.1) is 4.88 Å². The minimum Gasteiger partial charge on any atom is -0.506 e. The molecule has 130 valence electrons. The number of amides is 1. The zero-order valence-corrected chi connectivity index (χ0v) is 15.1. The summed E-state index contributed by atoms with van der Waals surface area (Å²) in [5, 5.41) is 14.0. The van der Waals surface area contributed by atoms with Crippen LogP contribution in [-0.4, -0.2) is 48.1 Å². The van der Waals surface area contributed by atoms with Gasteiger partial charge >= 0.3 is 0 Å². The molecule has 0 atom stereocenters. The van der Waals surface area contributed by atoms with Crippen LogP contribution in [0.3, 0.4) is 0 Å². The van der Waals surface area contributed by atoms with Crippen LogP contribution < -0.4 is 5.32 Å². The lowest BCUT2D eigenvalue weighted by molar-refractivity contribution is 0.0956. The van der Waals surface area contributed by atoms with Crippen molar-refractivity contribution in [2.75, 3.05) is 27.2 Å². The molecule has 0 aliphatic heterocycles. The summed E-state index contributed by atoms with van der Waals surface area (Å²) < 4.78 is 0. The maximum Gasteiger partial charge on any atom is 0.261 e. The molecule has 0 spiro atoms. The van der Waals surface area contributed by atoms with E-state index in [9.17, 15) is 9.90 Å². The van der Waals surface area contributed by atoms with Gasteiger partial charge in [0.15, 0.2) is 0 Å². The molecule has 0 saturated heterocycles. The molecular weight excluding hydrogens is 334 g/mol. The molecule has 2 heterocycles. The Balaban J connectivity index is 1.74. The van der Waals surface area contributed by atoms with Crippen LogP contribution >= 0.6 is 11.3 Å². The molecule has 0 saturated carbocycles. The van der Waals surface area contributed by atoms with E-state index in [1.54, 1.807) is 12.3 Å². The number of rotatable bonds is 6. The van der Waals surface area contributed by atoms with Crippen molar-refractivity contribution in [1.82, 2.24) is 15.2 Å². The minimum absolute atomic E-state index is 0.0540. The fraction of sp³-hybridized carbons (Fsp3) is 0.263. The van der Waals surface area contributed by atoms with Crippen molar-refractivity contribution in [3.63, 3.8) is 0 Å². The number of nitrogens with zero attached hydrogens (tertiary/aromatic N) is 2. The van der Waals surface area contributed by atoms with Crippen LogP contribution in [-0.2, 0) is 0 Å². The first-order chi connectivity index (χ1) is 12.0. The Morgan fingerprint density at radius 3 is 2.92 bits per heavy atom. The summed E-state index contributed by atoms with van der Waals surface area (Å²) in [6.07, 6.45) is 2.58. The summed E-state index contributed by atoms with van der Waals surface area (Å²) in [7, 11) is 4.03. The summed E-state index contributed by atoms with van der Waals surface area (Å²) in [5.74, 6) is 0.0953. The smallest absolute Gasteiger partial charge is 0.261 e. The maximum atomic E-state index is 12.2. The highest BCUT2D eigenvalue weighted by Gasteiger charge is 2.12. The summed E-state index contributed by atoms with van der Waals surface area (Å²) in [5.41, 5.74) is 1.47. The largest absolute Gasteiger partial charge is 0.506 e. The van der Waals surface area contributed by atoms with E-state index < -0.39 is 0 Å². The fourth-order valence-corrected chi connectivity index (χ4v) is 3.52. The highest BCUT2D eigenvalue weighted by atomic mass is 32.1. The number of aromatic hydroxyl groups is 1. The zero-order valence-electron chi connectivity index (χ0n) is 14.3. The highest BCUT2D eigenvalue weighted by Crippen LogP contribution is 2.34. The van der Waals surface area contributed by atoms with Gasteiger partial charge in [-0.25, -0.2) is 0 Å². The van der Waals surface area contributed by atoms with E-state index in [2.05, 4.69) is 15.2 Å². The zero-order chi connectivity index (χ0) is 17.8. The van der Waals surface area contributed by atoms with Crippen molar-refractivity contribution in [3.8, 4) is 16.2 Å². The first kappa shape index (κ1) is 17.4. The van der Waals surface area contributed by atoms with Crippen molar-refractivity contribution >= 4 is 28.1 Å². The molecule has 0 radical (unpaired) electrons. The number of thiophene rings is 1. The molecule has 0 bridgehead atoms. The molecule has 0 aliphatic rings. The Kier molecular flexibility index (Phi) is 5.31. The third kappa shape index (κ3) is 4.15. The number of phenols is 1. The second kappa shape index (κ2) is 7.63. The molecule has 3 aromatic rings. The SMILES string of the molecule is CN(C)CCCNC(=O)c1ccc(-c2cc(O)c3ncccc3c2)s1. The van der Waals surface area contributed by atoms with Gasteiger partial charge in [-0.1, -0.05) is 6.07 Å². The molecule has 0 aliphatic carbocycles. The molecule has 2 aromatic heterocycles. The molecule has 2 N–H and O–H groups in total. The third-order valence-electron chi connectivity index (χ3n) is 3.87. The molecule has 1 aromatic carbocycles. The van der Waals surface area contributed by atoms with Gasteiger partial charge in [-0.15, -0.1) is 11.3 Å². The maximum absolute atomic E-state index is 12.2. The fourth-order valence-electron chi connectivity index (χ4n) is 2.61. The number of pyridine rings is 1. The lowest BCUT2D eigenvalue weighted by atomic mass is 10.1. The average Bonchev–Trinajstić information content (AvgIpc) is 3.08. The highest BCUT2D eigenvalue weighted by molar-refractivity contribution is 7.17. The third-order valence-corrected chi connectivity index (χ3v) is 5.00. The lowest BCUT2D eigenvalue weighted by Gasteiger charge is -2.09. The monoisotopic (exact) mass is 355 g/mol.